The van der Waals surface area contributed by atoms with E-state index < -0.39 is 27.5 Å². The third kappa shape index (κ3) is 10.8. The van der Waals surface area contributed by atoms with E-state index >= 15 is 0 Å². The molecule has 1 heterocycles. The van der Waals surface area contributed by atoms with Crippen LogP contribution in [-0.2, 0) is 24.2 Å². The van der Waals surface area contributed by atoms with Crippen LogP contribution in [0, 0.1) is 0 Å². The quantitative estimate of drug-likeness (QED) is 0.362. The van der Waals surface area contributed by atoms with E-state index in [0.29, 0.717) is 38.1 Å². The lowest BCUT2D eigenvalue weighted by atomic mass is 9.99. The third-order valence-corrected chi connectivity index (χ3v) is 6.94. The van der Waals surface area contributed by atoms with E-state index in [1.54, 1.807) is 0 Å². The molecule has 190 valence electrons. The highest BCUT2D eigenvalue weighted by Crippen LogP contribution is 2.26. The smallest absolute Gasteiger partial charge is 0.242 e. The van der Waals surface area contributed by atoms with E-state index in [0.717, 1.165) is 45.2 Å². The van der Waals surface area contributed by atoms with E-state index in [4.69, 9.17) is 0 Å². The Kier molecular flexibility index (Phi) is 11.7. The molecule has 8 nitrogen and oxygen atoms in total. The molecule has 1 aliphatic heterocycles. The molecule has 2 N–H and O–H groups in total. The summed E-state index contributed by atoms with van der Waals surface area (Å²) >= 11 is 0. The highest BCUT2D eigenvalue weighted by atomic mass is 32.2. The summed E-state index contributed by atoms with van der Waals surface area (Å²) in [6.45, 7) is 4.94. The van der Waals surface area contributed by atoms with Gasteiger partial charge in [0.05, 0.1) is 0 Å². The summed E-state index contributed by atoms with van der Waals surface area (Å²) in [6, 6.07) is 9.64. The second-order valence-corrected chi connectivity index (χ2v) is 11.3. The monoisotopic (exact) mass is 493 g/mol. The molecule has 1 aliphatic rings. The first kappa shape index (κ1) is 28.0. The number of nitrogens with zero attached hydrogens (tertiary/aromatic N) is 1. The first-order valence-corrected chi connectivity index (χ1v) is 14.3. The number of unbranched alkanes of at least 4 members (excludes halogenated alkanes) is 2. The van der Waals surface area contributed by atoms with Crippen LogP contribution in [0.1, 0.15) is 63.4 Å². The molecule has 1 aromatic carbocycles. The van der Waals surface area contributed by atoms with Crippen molar-refractivity contribution in [3.8, 4) is 0 Å². The number of nitrogens with one attached hydrogen (secondary N) is 2. The predicted molar refractivity (Wildman–Crippen MR) is 133 cm³/mol. The van der Waals surface area contributed by atoms with E-state index in [-0.39, 0.29) is 11.7 Å². The van der Waals surface area contributed by atoms with Gasteiger partial charge in [-0.2, -0.15) is 0 Å². The van der Waals surface area contributed by atoms with Crippen LogP contribution in [0.15, 0.2) is 30.3 Å². The minimum Gasteiger partial charge on any atom is -0.353 e. The molecule has 1 unspecified atom stereocenters. The summed E-state index contributed by atoms with van der Waals surface area (Å²) in [6.07, 6.45) is 5.71. The summed E-state index contributed by atoms with van der Waals surface area (Å²) in [7, 11) is -3.48. The molecule has 0 aromatic heterocycles. The molecular weight excluding hydrogens is 454 g/mol. The van der Waals surface area contributed by atoms with Crippen molar-refractivity contribution in [2.24, 2.45) is 0 Å². The summed E-state index contributed by atoms with van der Waals surface area (Å²) in [5.74, 6) is -0.901. The average molecular weight is 494 g/mol. The van der Waals surface area contributed by atoms with Crippen LogP contribution in [0.3, 0.4) is 0 Å². The van der Waals surface area contributed by atoms with Crippen molar-refractivity contribution in [2.45, 2.75) is 63.8 Å². The predicted octanol–water partition coefficient (Wildman–Crippen LogP) is 2.05. The zero-order valence-electron chi connectivity index (χ0n) is 20.4. The Hall–Kier alpha value is -2.26. The Morgan fingerprint density at radius 2 is 1.85 bits per heavy atom. The van der Waals surface area contributed by atoms with Crippen molar-refractivity contribution < 1.29 is 22.8 Å². The number of hydrogen-bond acceptors (Lipinski definition) is 6. The van der Waals surface area contributed by atoms with Gasteiger partial charge in [0.25, 0.3) is 0 Å². The van der Waals surface area contributed by atoms with Gasteiger partial charge in [0.2, 0.25) is 11.8 Å². The van der Waals surface area contributed by atoms with Crippen molar-refractivity contribution in [1.29, 1.82) is 0 Å². The molecule has 1 fully saturated rings. The molecule has 1 aromatic rings. The van der Waals surface area contributed by atoms with Gasteiger partial charge in [0, 0.05) is 38.7 Å². The molecular formula is C25H39N3O5S. The maximum absolute atomic E-state index is 12.8. The van der Waals surface area contributed by atoms with Crippen LogP contribution in [0.25, 0.3) is 0 Å². The van der Waals surface area contributed by atoms with Crippen LogP contribution in [-0.4, -0.2) is 75.1 Å². The summed E-state index contributed by atoms with van der Waals surface area (Å²) in [5.41, 5.74) is 1.34. The summed E-state index contributed by atoms with van der Waals surface area (Å²) in [4.78, 5) is 38.7. The van der Waals surface area contributed by atoms with E-state index in [9.17, 15) is 22.8 Å². The highest BCUT2D eigenvalue weighted by Gasteiger charge is 2.25. The number of Topliss-reactive ketones (excluding diaryl/α,β-unsaturated/α-hetero) is 1. The standard InChI is InChI=1S/C25H39N3O5S/c1-3-22(29)12-8-5-9-13-23(27-24(30)19-34(2,32)33)25(31)26-15-17-28-16-14-21(18-28)20-10-6-4-7-11-20/h4,6-7,10-11,21,23H,3,5,8-9,12-19H2,1-2H3,(H,26,31)(H,27,30)/t21?,23-/m0/s1. The van der Waals surface area contributed by atoms with Crippen LogP contribution in [0.4, 0.5) is 0 Å². The van der Waals surface area contributed by atoms with Crippen molar-refractivity contribution in [3.05, 3.63) is 35.9 Å². The Morgan fingerprint density at radius 1 is 1.12 bits per heavy atom. The van der Waals surface area contributed by atoms with Gasteiger partial charge in [-0.1, -0.05) is 50.1 Å². The molecule has 0 radical (unpaired) electrons. The number of ketones is 1. The molecule has 0 bridgehead atoms. The topological polar surface area (TPSA) is 113 Å². The fourth-order valence-electron chi connectivity index (χ4n) is 4.26. The second kappa shape index (κ2) is 14.2. The molecule has 0 spiro atoms. The average Bonchev–Trinajstić information content (AvgIpc) is 3.26. The minimum absolute atomic E-state index is 0.215. The summed E-state index contributed by atoms with van der Waals surface area (Å²) in [5, 5.41) is 5.48. The first-order valence-electron chi connectivity index (χ1n) is 12.2. The largest absolute Gasteiger partial charge is 0.353 e. The van der Waals surface area contributed by atoms with Gasteiger partial charge in [-0.05, 0) is 37.3 Å². The van der Waals surface area contributed by atoms with E-state index in [1.165, 1.54) is 5.56 Å². The Balaban J connectivity index is 1.80. The molecule has 2 atom stereocenters. The fourth-order valence-corrected chi connectivity index (χ4v) is 4.82. The number of rotatable bonds is 15. The zero-order valence-corrected chi connectivity index (χ0v) is 21.2. The lowest BCUT2D eigenvalue weighted by Crippen LogP contribution is -2.49. The van der Waals surface area contributed by atoms with Crippen LogP contribution < -0.4 is 10.6 Å². The number of sulfone groups is 1. The highest BCUT2D eigenvalue weighted by molar-refractivity contribution is 7.91. The van der Waals surface area contributed by atoms with Crippen molar-refractivity contribution in [3.63, 3.8) is 0 Å². The third-order valence-electron chi connectivity index (χ3n) is 6.16. The first-order chi connectivity index (χ1) is 16.2. The molecule has 34 heavy (non-hydrogen) atoms. The lowest BCUT2D eigenvalue weighted by Gasteiger charge is -2.20. The number of amides is 2. The van der Waals surface area contributed by atoms with Gasteiger partial charge in [-0.3, -0.25) is 14.4 Å². The molecule has 0 saturated carbocycles. The van der Waals surface area contributed by atoms with Crippen LogP contribution in [0.5, 0.6) is 0 Å². The fraction of sp³-hybridized carbons (Fsp3) is 0.640. The van der Waals surface area contributed by atoms with Gasteiger partial charge in [-0.15, -0.1) is 0 Å². The van der Waals surface area contributed by atoms with Gasteiger partial charge >= 0.3 is 0 Å². The molecule has 0 aliphatic carbocycles. The Morgan fingerprint density at radius 3 is 2.53 bits per heavy atom. The van der Waals surface area contributed by atoms with Crippen LogP contribution in [0.2, 0.25) is 0 Å². The maximum atomic E-state index is 12.8. The molecule has 2 rings (SSSR count). The molecule has 1 saturated heterocycles. The lowest BCUT2D eigenvalue weighted by molar-refractivity contribution is -0.128. The number of benzene rings is 1. The normalized spacial score (nSPS) is 17.3. The number of hydrogen-bond donors (Lipinski definition) is 2. The van der Waals surface area contributed by atoms with Crippen molar-refractivity contribution in [2.75, 3.05) is 38.2 Å². The molecule has 2 amide bonds. The SMILES string of the molecule is CCC(=O)CCCCC[C@H](NC(=O)CS(C)(=O)=O)C(=O)NCCN1CCC(c2ccccc2)C1. The maximum Gasteiger partial charge on any atom is 0.242 e. The zero-order chi connectivity index (χ0) is 25.0. The van der Waals surface area contributed by atoms with Gasteiger partial charge in [-0.25, -0.2) is 8.42 Å². The summed E-state index contributed by atoms with van der Waals surface area (Å²) < 4.78 is 22.9. The number of carbonyl (C=O) groups excluding carboxylic acids is 3. The van der Waals surface area contributed by atoms with E-state index in [2.05, 4.69) is 39.8 Å². The number of carbonyl (C=O) groups is 3. The van der Waals surface area contributed by atoms with Crippen molar-refractivity contribution in [1.82, 2.24) is 15.5 Å². The minimum atomic E-state index is -3.48. The second-order valence-electron chi connectivity index (χ2n) is 9.17. The Bertz CT molecular complexity index is 904. The Labute approximate surface area is 203 Å². The van der Waals surface area contributed by atoms with E-state index in [1.807, 2.05) is 13.0 Å². The van der Waals surface area contributed by atoms with Crippen molar-refractivity contribution >= 4 is 27.4 Å². The van der Waals surface area contributed by atoms with Gasteiger partial charge < -0.3 is 15.5 Å². The van der Waals surface area contributed by atoms with Crippen LogP contribution >= 0.6 is 0 Å². The molecule has 9 heteroatoms. The van der Waals surface area contributed by atoms with Gasteiger partial charge in [0.1, 0.15) is 17.6 Å². The van der Waals surface area contributed by atoms with Gasteiger partial charge in [0.15, 0.2) is 9.84 Å². The number of likely N-dealkylation sites (tertiary alicyclic amines) is 1.